The number of hydrogen-bond donors (Lipinski definition) is 4. The standard InChI is InChI=1S/C8H15NO4S2/c1-2-3-4-9-5(10)7(14)13-8(15)6(11)12/h7-8,14-15H,2-4H2,1H3,(H,9,10)(H,11,12). The van der Waals surface area contributed by atoms with E-state index in [0.29, 0.717) is 6.54 Å². The van der Waals surface area contributed by atoms with Crippen molar-refractivity contribution >= 4 is 37.1 Å². The molecule has 2 N–H and O–H groups in total. The lowest BCUT2D eigenvalue weighted by atomic mass is 10.3. The van der Waals surface area contributed by atoms with Crippen molar-refractivity contribution < 1.29 is 19.4 Å². The van der Waals surface area contributed by atoms with Crippen LogP contribution in [0.3, 0.4) is 0 Å². The fourth-order valence-corrected chi connectivity index (χ4v) is 1.15. The molecule has 0 aromatic rings. The maximum atomic E-state index is 11.2. The summed E-state index contributed by atoms with van der Waals surface area (Å²) in [7, 11) is 0. The van der Waals surface area contributed by atoms with E-state index in [2.05, 4.69) is 30.6 Å². The topological polar surface area (TPSA) is 75.6 Å². The maximum absolute atomic E-state index is 11.2. The Bertz CT molecular complexity index is 225. The zero-order chi connectivity index (χ0) is 11.8. The zero-order valence-corrected chi connectivity index (χ0v) is 10.1. The van der Waals surface area contributed by atoms with Crippen LogP contribution in [0.2, 0.25) is 0 Å². The van der Waals surface area contributed by atoms with Crippen molar-refractivity contribution in [2.75, 3.05) is 6.54 Å². The Hall–Kier alpha value is -0.400. The van der Waals surface area contributed by atoms with Crippen LogP contribution in [0.4, 0.5) is 0 Å². The molecule has 15 heavy (non-hydrogen) atoms. The summed E-state index contributed by atoms with van der Waals surface area (Å²) in [5.41, 5.74) is -2.45. The first-order valence-electron chi connectivity index (χ1n) is 4.51. The van der Waals surface area contributed by atoms with Gasteiger partial charge in [-0.15, -0.1) is 25.3 Å². The molecular formula is C8H15NO4S2. The van der Waals surface area contributed by atoms with E-state index in [-0.39, 0.29) is 0 Å². The van der Waals surface area contributed by atoms with E-state index in [4.69, 9.17) is 9.84 Å². The predicted octanol–water partition coefficient (Wildman–Crippen LogP) is 0.516. The monoisotopic (exact) mass is 253 g/mol. The normalized spacial score (nSPS) is 14.3. The lowest BCUT2D eigenvalue weighted by molar-refractivity contribution is -0.147. The smallest absolute Gasteiger partial charge is 0.343 e. The molecule has 0 saturated heterocycles. The van der Waals surface area contributed by atoms with Crippen LogP contribution in [0, 0.1) is 0 Å². The lowest BCUT2D eigenvalue weighted by Gasteiger charge is -2.14. The summed E-state index contributed by atoms with van der Waals surface area (Å²) in [5.74, 6) is -1.70. The predicted molar refractivity (Wildman–Crippen MR) is 62.2 cm³/mol. The Morgan fingerprint density at radius 3 is 2.47 bits per heavy atom. The van der Waals surface area contributed by atoms with Crippen LogP contribution in [-0.4, -0.2) is 34.4 Å². The van der Waals surface area contributed by atoms with Crippen LogP contribution < -0.4 is 5.32 Å². The quantitative estimate of drug-likeness (QED) is 0.303. The number of thiol groups is 2. The minimum atomic E-state index is -1.34. The molecule has 0 aromatic carbocycles. The molecule has 0 fully saturated rings. The summed E-state index contributed by atoms with van der Waals surface area (Å²) in [6.45, 7) is 2.52. The third kappa shape index (κ3) is 6.64. The van der Waals surface area contributed by atoms with Crippen molar-refractivity contribution in [3.05, 3.63) is 0 Å². The van der Waals surface area contributed by atoms with Crippen LogP contribution in [-0.2, 0) is 14.3 Å². The fraction of sp³-hybridized carbons (Fsp3) is 0.750. The van der Waals surface area contributed by atoms with Crippen molar-refractivity contribution in [3.63, 3.8) is 0 Å². The molecule has 0 rings (SSSR count). The third-order valence-corrected chi connectivity index (χ3v) is 2.22. The Morgan fingerprint density at radius 2 is 2.00 bits per heavy atom. The molecule has 1 amide bonds. The molecule has 2 unspecified atom stereocenters. The second kappa shape index (κ2) is 7.84. The minimum Gasteiger partial charge on any atom is -0.479 e. The van der Waals surface area contributed by atoms with E-state index in [1.165, 1.54) is 0 Å². The molecular weight excluding hydrogens is 238 g/mol. The van der Waals surface area contributed by atoms with Crippen molar-refractivity contribution in [1.29, 1.82) is 0 Å². The SMILES string of the molecule is CCCCNC(=O)C(S)OC(S)C(=O)O. The summed E-state index contributed by atoms with van der Waals surface area (Å²) in [6.07, 6.45) is 1.82. The van der Waals surface area contributed by atoms with Gasteiger partial charge >= 0.3 is 5.97 Å². The van der Waals surface area contributed by atoms with E-state index >= 15 is 0 Å². The third-order valence-electron chi connectivity index (χ3n) is 1.52. The Labute approximate surface area is 99.4 Å². The molecule has 0 aliphatic rings. The van der Waals surface area contributed by atoms with E-state index in [0.717, 1.165) is 12.8 Å². The summed E-state index contributed by atoms with van der Waals surface area (Å²) in [6, 6.07) is 0. The molecule has 0 radical (unpaired) electrons. The summed E-state index contributed by atoms with van der Waals surface area (Å²) >= 11 is 7.43. The van der Waals surface area contributed by atoms with Crippen LogP contribution in [0.15, 0.2) is 0 Å². The van der Waals surface area contributed by atoms with Gasteiger partial charge in [0.1, 0.15) is 0 Å². The van der Waals surface area contributed by atoms with Gasteiger partial charge in [-0.2, -0.15) is 0 Å². The molecule has 0 aliphatic carbocycles. The molecule has 7 heteroatoms. The van der Waals surface area contributed by atoms with Gasteiger partial charge in [-0.25, -0.2) is 4.79 Å². The van der Waals surface area contributed by atoms with Gasteiger partial charge in [-0.3, -0.25) is 4.79 Å². The van der Waals surface area contributed by atoms with Gasteiger partial charge in [-0.05, 0) is 6.42 Å². The number of carbonyl (C=O) groups excluding carboxylic acids is 1. The molecule has 5 nitrogen and oxygen atoms in total. The van der Waals surface area contributed by atoms with Crippen molar-refractivity contribution in [1.82, 2.24) is 5.32 Å². The summed E-state index contributed by atoms with van der Waals surface area (Å²) in [4.78, 5) is 21.6. The Balaban J connectivity index is 3.83. The van der Waals surface area contributed by atoms with Crippen molar-refractivity contribution in [2.45, 2.75) is 30.6 Å². The Morgan fingerprint density at radius 1 is 1.40 bits per heavy atom. The average Bonchev–Trinajstić information content (AvgIpc) is 2.17. The number of carbonyl (C=O) groups is 2. The molecule has 0 spiro atoms. The molecule has 2 atom stereocenters. The van der Waals surface area contributed by atoms with E-state index in [1.54, 1.807) is 0 Å². The second-order valence-electron chi connectivity index (χ2n) is 2.82. The van der Waals surface area contributed by atoms with Gasteiger partial charge < -0.3 is 15.2 Å². The van der Waals surface area contributed by atoms with Crippen LogP contribution in [0.25, 0.3) is 0 Å². The number of hydrogen-bond acceptors (Lipinski definition) is 5. The Kier molecular flexibility index (Phi) is 7.63. The highest BCUT2D eigenvalue weighted by Crippen LogP contribution is 2.06. The maximum Gasteiger partial charge on any atom is 0.343 e. The number of aliphatic carboxylic acids is 1. The van der Waals surface area contributed by atoms with Crippen LogP contribution >= 0.6 is 25.3 Å². The second-order valence-corrected chi connectivity index (χ2v) is 3.76. The number of carboxylic acid groups (broad SMARTS) is 1. The van der Waals surface area contributed by atoms with E-state index in [9.17, 15) is 9.59 Å². The van der Waals surface area contributed by atoms with Gasteiger partial charge in [0.2, 0.25) is 0 Å². The van der Waals surface area contributed by atoms with Gasteiger partial charge in [0.05, 0.1) is 0 Å². The number of rotatable bonds is 7. The number of nitrogens with one attached hydrogen (secondary N) is 1. The number of unbranched alkanes of at least 4 members (excludes halogenated alkanes) is 1. The highest BCUT2D eigenvalue weighted by atomic mass is 32.1. The number of amides is 1. The first-order valence-corrected chi connectivity index (χ1v) is 5.54. The van der Waals surface area contributed by atoms with Crippen molar-refractivity contribution in [2.24, 2.45) is 0 Å². The fourth-order valence-electron chi connectivity index (χ4n) is 0.718. The summed E-state index contributed by atoms with van der Waals surface area (Å²) < 4.78 is 4.72. The first-order chi connectivity index (χ1) is 6.99. The van der Waals surface area contributed by atoms with Gasteiger partial charge in [0, 0.05) is 6.54 Å². The molecule has 0 saturated carbocycles. The molecule has 0 aromatic heterocycles. The van der Waals surface area contributed by atoms with Gasteiger partial charge in [-0.1, -0.05) is 13.3 Å². The van der Waals surface area contributed by atoms with Gasteiger partial charge in [0.25, 0.3) is 5.91 Å². The van der Waals surface area contributed by atoms with Gasteiger partial charge in [0.15, 0.2) is 10.9 Å². The van der Waals surface area contributed by atoms with Crippen LogP contribution in [0.5, 0.6) is 0 Å². The zero-order valence-electron chi connectivity index (χ0n) is 8.34. The highest BCUT2D eigenvalue weighted by Gasteiger charge is 2.21. The average molecular weight is 253 g/mol. The van der Waals surface area contributed by atoms with E-state index < -0.39 is 22.7 Å². The molecule has 88 valence electrons. The molecule has 0 heterocycles. The van der Waals surface area contributed by atoms with E-state index in [1.807, 2.05) is 6.92 Å². The number of carboxylic acids is 1. The first kappa shape index (κ1) is 14.6. The highest BCUT2D eigenvalue weighted by molar-refractivity contribution is 7.82. The minimum absolute atomic E-state index is 0.452. The lowest BCUT2D eigenvalue weighted by Crippen LogP contribution is -2.36. The molecule has 0 bridgehead atoms. The molecule has 0 aliphatic heterocycles. The number of ether oxygens (including phenoxy) is 1. The van der Waals surface area contributed by atoms with Crippen molar-refractivity contribution in [3.8, 4) is 0 Å². The summed E-state index contributed by atoms with van der Waals surface area (Å²) in [5, 5.41) is 11.0. The van der Waals surface area contributed by atoms with Crippen LogP contribution in [0.1, 0.15) is 19.8 Å². The largest absolute Gasteiger partial charge is 0.479 e.